The summed E-state index contributed by atoms with van der Waals surface area (Å²) >= 11 is 3.60. The Morgan fingerprint density at radius 3 is 2.26 bits per heavy atom. The number of carbonyl (C=O) groups is 3. The molecule has 0 atom stereocenters. The van der Waals surface area contributed by atoms with Gasteiger partial charge in [-0.1, -0.05) is 58.4 Å². The van der Waals surface area contributed by atoms with Crippen molar-refractivity contribution in [1.82, 2.24) is 4.90 Å². The summed E-state index contributed by atoms with van der Waals surface area (Å²) in [5.74, 6) is -1.01. The smallest absolute Gasteiger partial charge is 0.323 e. The summed E-state index contributed by atoms with van der Waals surface area (Å²) in [4.78, 5) is 40.7. The van der Waals surface area contributed by atoms with Crippen LogP contribution in [0.25, 0.3) is 10.8 Å². The van der Waals surface area contributed by atoms with Crippen LogP contribution < -0.4 is 4.74 Å². The topological polar surface area (TPSA) is 83.9 Å². The molecule has 0 fully saturated rings. The van der Waals surface area contributed by atoms with Crippen LogP contribution in [0.15, 0.2) is 87.7 Å². The number of benzene rings is 3. The third-order valence-electron chi connectivity index (χ3n) is 7.93. The predicted octanol–water partition coefficient (Wildman–Crippen LogP) is 6.68. The molecule has 3 aromatic carbocycles. The van der Waals surface area contributed by atoms with Gasteiger partial charge in [-0.25, -0.2) is 0 Å². The van der Waals surface area contributed by atoms with E-state index in [1.807, 2.05) is 42.5 Å². The summed E-state index contributed by atoms with van der Waals surface area (Å²) in [6, 6.07) is 20.0. The fraction of sp³-hybridized carbons (Fsp3) is 0.281. The normalized spacial score (nSPS) is 17.9. The number of carboxylic acids is 1. The molecule has 198 valence electrons. The van der Waals surface area contributed by atoms with Crippen LogP contribution in [0.5, 0.6) is 5.75 Å². The van der Waals surface area contributed by atoms with Crippen molar-refractivity contribution in [2.45, 2.75) is 51.0 Å². The minimum Gasteiger partial charge on any atom is -0.489 e. The van der Waals surface area contributed by atoms with Crippen molar-refractivity contribution in [2.75, 3.05) is 6.54 Å². The molecule has 0 radical (unpaired) electrons. The van der Waals surface area contributed by atoms with Crippen LogP contribution in [0.1, 0.15) is 55.6 Å². The van der Waals surface area contributed by atoms with Gasteiger partial charge in [-0.2, -0.15) is 0 Å². The van der Waals surface area contributed by atoms with Gasteiger partial charge in [-0.3, -0.25) is 14.4 Å². The van der Waals surface area contributed by atoms with Crippen LogP contribution >= 0.6 is 15.9 Å². The maximum atomic E-state index is 13.5. The van der Waals surface area contributed by atoms with E-state index in [2.05, 4.69) is 34.1 Å². The van der Waals surface area contributed by atoms with E-state index in [4.69, 9.17) is 4.74 Å². The molecule has 3 aromatic rings. The highest BCUT2D eigenvalue weighted by Crippen LogP contribution is 2.51. The number of hydrogen-bond acceptors (Lipinski definition) is 5. The number of nitrogens with zero attached hydrogens (tertiary/aromatic N) is 1. The third-order valence-corrected chi connectivity index (χ3v) is 8.42. The summed E-state index contributed by atoms with van der Waals surface area (Å²) < 4.78 is 7.28. The van der Waals surface area contributed by atoms with E-state index in [0.717, 1.165) is 37.8 Å². The van der Waals surface area contributed by atoms with Gasteiger partial charge >= 0.3 is 5.97 Å². The first-order chi connectivity index (χ1) is 18.9. The Hall–Kier alpha value is -3.71. The molecule has 0 spiro atoms. The summed E-state index contributed by atoms with van der Waals surface area (Å²) in [6.45, 7) is 0.0708. The molecular weight excluding hydrogens is 558 g/mol. The number of ether oxygens (including phenoxy) is 1. The standard InChI is InChI=1S/C32H28BrNO5/c33-21-14-15-28(39-18-20-8-3-7-19-6-1-2-9-22(19)20)23(16-21)30-31-24(10-4-12-26(31)35)34(17-29(37)38)25-11-5-13-27(36)32(25)30/h1-3,6-9,14-16,30H,4-5,10-13,17-18H2,(H,37,38). The van der Waals surface area contributed by atoms with Crippen molar-refractivity contribution in [2.24, 2.45) is 0 Å². The van der Waals surface area contributed by atoms with Gasteiger partial charge in [0.25, 0.3) is 0 Å². The van der Waals surface area contributed by atoms with Crippen molar-refractivity contribution >= 4 is 44.2 Å². The van der Waals surface area contributed by atoms with Gasteiger partial charge in [0.05, 0.1) is 0 Å². The monoisotopic (exact) mass is 585 g/mol. The Balaban J connectivity index is 1.48. The zero-order valence-corrected chi connectivity index (χ0v) is 23.0. The van der Waals surface area contributed by atoms with Crippen LogP contribution in [-0.2, 0) is 21.0 Å². The summed E-state index contributed by atoms with van der Waals surface area (Å²) in [7, 11) is 0. The lowest BCUT2D eigenvalue weighted by Crippen LogP contribution is -2.41. The van der Waals surface area contributed by atoms with Crippen molar-refractivity contribution < 1.29 is 24.2 Å². The fourth-order valence-electron chi connectivity index (χ4n) is 6.30. The lowest BCUT2D eigenvalue weighted by molar-refractivity contribution is -0.138. The van der Waals surface area contributed by atoms with Crippen molar-refractivity contribution in [1.29, 1.82) is 0 Å². The first-order valence-corrected chi connectivity index (χ1v) is 14.1. The Labute approximate surface area is 235 Å². The first-order valence-electron chi connectivity index (χ1n) is 13.3. The number of carboxylic acid groups (broad SMARTS) is 1. The van der Waals surface area contributed by atoms with Crippen molar-refractivity contribution in [3.63, 3.8) is 0 Å². The largest absolute Gasteiger partial charge is 0.489 e. The average molecular weight is 586 g/mol. The molecule has 7 heteroatoms. The molecule has 0 saturated carbocycles. The van der Waals surface area contributed by atoms with Gasteiger partial charge in [0, 0.05) is 51.3 Å². The van der Waals surface area contributed by atoms with Crippen LogP contribution in [-0.4, -0.2) is 34.1 Å². The highest BCUT2D eigenvalue weighted by molar-refractivity contribution is 9.10. The summed E-state index contributed by atoms with van der Waals surface area (Å²) in [5, 5.41) is 12.0. The summed E-state index contributed by atoms with van der Waals surface area (Å²) in [6.07, 6.45) is 3.31. The number of ketones is 2. The maximum absolute atomic E-state index is 13.5. The van der Waals surface area contributed by atoms with Crippen molar-refractivity contribution in [3.8, 4) is 5.75 Å². The van der Waals surface area contributed by atoms with E-state index in [1.54, 1.807) is 4.90 Å². The van der Waals surface area contributed by atoms with Crippen LogP contribution in [0.4, 0.5) is 0 Å². The van der Waals surface area contributed by atoms with E-state index in [1.165, 1.54) is 0 Å². The second kappa shape index (κ2) is 10.5. The SMILES string of the molecule is O=C(O)CN1C2=C(C(=O)CCC2)C(c2cc(Br)ccc2OCc2cccc3ccccc23)C2=C1CCCC2=O. The Morgan fingerprint density at radius 1 is 0.897 bits per heavy atom. The molecule has 1 N–H and O–H groups in total. The molecule has 3 aliphatic rings. The van der Waals surface area contributed by atoms with Crippen LogP contribution in [0.3, 0.4) is 0 Å². The molecule has 6 nitrogen and oxygen atoms in total. The Bertz CT molecular complexity index is 1540. The van der Waals surface area contributed by atoms with Gasteiger partial charge in [0.15, 0.2) is 11.6 Å². The molecule has 2 aliphatic carbocycles. The van der Waals surface area contributed by atoms with Gasteiger partial charge < -0.3 is 14.7 Å². The zero-order valence-electron chi connectivity index (χ0n) is 21.4. The van der Waals surface area contributed by atoms with E-state index < -0.39 is 11.9 Å². The molecular formula is C32H28BrNO5. The molecule has 1 heterocycles. The first kappa shape index (κ1) is 25.6. The molecule has 39 heavy (non-hydrogen) atoms. The maximum Gasteiger partial charge on any atom is 0.323 e. The summed E-state index contributed by atoms with van der Waals surface area (Å²) in [5.41, 5.74) is 4.37. The minimum absolute atomic E-state index is 0.0264. The second-order valence-electron chi connectivity index (χ2n) is 10.3. The molecule has 0 aromatic heterocycles. The molecule has 0 bridgehead atoms. The third kappa shape index (κ3) is 4.69. The van der Waals surface area contributed by atoms with Gasteiger partial charge in [0.1, 0.15) is 18.9 Å². The average Bonchev–Trinajstić information content (AvgIpc) is 2.93. The quantitative estimate of drug-likeness (QED) is 0.347. The lowest BCUT2D eigenvalue weighted by Gasteiger charge is -2.43. The number of rotatable bonds is 6. The van der Waals surface area contributed by atoms with Gasteiger partial charge in [0.2, 0.25) is 0 Å². The molecule has 0 unspecified atom stereocenters. The number of halogens is 1. The number of allylic oxidation sites excluding steroid dienone is 4. The lowest BCUT2D eigenvalue weighted by atomic mass is 9.70. The van der Waals surface area contributed by atoms with E-state index in [-0.39, 0.29) is 18.1 Å². The van der Waals surface area contributed by atoms with Crippen LogP contribution in [0.2, 0.25) is 0 Å². The number of hydrogen-bond donors (Lipinski definition) is 1. The molecule has 0 amide bonds. The van der Waals surface area contributed by atoms with Crippen LogP contribution in [0, 0.1) is 0 Å². The Morgan fingerprint density at radius 2 is 1.56 bits per heavy atom. The number of aliphatic carboxylic acids is 1. The zero-order chi connectivity index (χ0) is 27.1. The van der Waals surface area contributed by atoms with Gasteiger partial charge in [-0.15, -0.1) is 0 Å². The fourth-order valence-corrected chi connectivity index (χ4v) is 6.68. The molecule has 0 saturated heterocycles. The minimum atomic E-state index is -0.982. The molecule has 1 aliphatic heterocycles. The van der Waals surface area contributed by atoms with E-state index in [9.17, 15) is 19.5 Å². The number of Topliss-reactive ketones (excluding diaryl/α,β-unsaturated/α-hetero) is 2. The number of fused-ring (bicyclic) bond motifs is 1. The Kier molecular flexibility index (Phi) is 6.85. The van der Waals surface area contributed by atoms with E-state index >= 15 is 0 Å². The number of carbonyl (C=O) groups excluding carboxylic acids is 2. The predicted molar refractivity (Wildman–Crippen MR) is 151 cm³/mol. The highest BCUT2D eigenvalue weighted by Gasteiger charge is 2.44. The van der Waals surface area contributed by atoms with E-state index in [0.29, 0.717) is 62.0 Å². The molecule has 6 rings (SSSR count). The van der Waals surface area contributed by atoms with Crippen molar-refractivity contribution in [3.05, 3.63) is 98.8 Å². The highest BCUT2D eigenvalue weighted by atomic mass is 79.9. The second-order valence-corrected chi connectivity index (χ2v) is 11.2. The van der Waals surface area contributed by atoms with Gasteiger partial charge in [-0.05, 0) is 60.2 Å².